The molecule has 2 fully saturated rings. The number of methoxy groups -OCH3 is 1. The maximum absolute atomic E-state index is 9.53. The Morgan fingerprint density at radius 1 is 1.24 bits per heavy atom. The van der Waals surface area contributed by atoms with Crippen LogP contribution >= 0.6 is 0 Å². The zero-order chi connectivity index (χ0) is 17.6. The van der Waals surface area contributed by atoms with Gasteiger partial charge in [-0.25, -0.2) is 0 Å². The normalized spacial score (nSPS) is 23.7. The van der Waals surface area contributed by atoms with E-state index in [1.807, 2.05) is 0 Å². The number of piperazine rings is 1. The van der Waals surface area contributed by atoms with Crippen LogP contribution in [-0.4, -0.2) is 73.6 Å². The molecule has 0 radical (unpaired) electrons. The topological polar surface area (TPSA) is 45.2 Å². The molecule has 1 aromatic rings. The van der Waals surface area contributed by atoms with Gasteiger partial charge in [0.25, 0.3) is 0 Å². The molecule has 1 N–H and O–H groups in total. The first-order valence-electron chi connectivity index (χ1n) is 9.51. The van der Waals surface area contributed by atoms with Gasteiger partial charge in [0.15, 0.2) is 0 Å². The molecule has 25 heavy (non-hydrogen) atoms. The van der Waals surface area contributed by atoms with Crippen molar-refractivity contribution in [1.82, 2.24) is 9.80 Å². The lowest BCUT2D eigenvalue weighted by Gasteiger charge is -2.45. The molecule has 2 aliphatic heterocycles. The summed E-state index contributed by atoms with van der Waals surface area (Å²) in [7, 11) is 1.72. The van der Waals surface area contributed by atoms with Crippen molar-refractivity contribution in [2.24, 2.45) is 0 Å². The zero-order valence-electron chi connectivity index (χ0n) is 15.6. The number of nitrogens with zero attached hydrogens (tertiary/aromatic N) is 2. The van der Waals surface area contributed by atoms with Gasteiger partial charge in [-0.1, -0.05) is 12.1 Å². The largest absolute Gasteiger partial charge is 0.496 e. The summed E-state index contributed by atoms with van der Waals surface area (Å²) < 4.78 is 10.9. The Labute approximate surface area is 151 Å². The molecule has 0 aromatic heterocycles. The van der Waals surface area contributed by atoms with Crippen molar-refractivity contribution in [2.75, 3.05) is 46.6 Å². The van der Waals surface area contributed by atoms with Crippen LogP contribution < -0.4 is 4.74 Å². The fourth-order valence-corrected chi connectivity index (χ4v) is 4.20. The standard InChI is InChI=1S/C20H32N2O3/c1-16-13-17(3-4-20(16)24-2)14-21-8-9-22(15-19(21)5-10-23)18-6-11-25-12-7-18/h3-4,13,18-19,23H,5-12,14-15H2,1-2H3. The minimum absolute atomic E-state index is 0.254. The fourth-order valence-electron chi connectivity index (χ4n) is 4.20. The lowest BCUT2D eigenvalue weighted by Crippen LogP contribution is -2.56. The van der Waals surface area contributed by atoms with Gasteiger partial charge in [0, 0.05) is 58.1 Å². The number of aryl methyl sites for hydroxylation is 1. The van der Waals surface area contributed by atoms with E-state index >= 15 is 0 Å². The summed E-state index contributed by atoms with van der Waals surface area (Å²) in [6.07, 6.45) is 3.13. The van der Waals surface area contributed by atoms with Gasteiger partial charge >= 0.3 is 0 Å². The summed E-state index contributed by atoms with van der Waals surface area (Å²) in [5, 5.41) is 9.53. The minimum atomic E-state index is 0.254. The van der Waals surface area contributed by atoms with E-state index in [9.17, 15) is 5.11 Å². The highest BCUT2D eigenvalue weighted by molar-refractivity contribution is 5.36. The van der Waals surface area contributed by atoms with Gasteiger partial charge in [0.2, 0.25) is 0 Å². The molecule has 5 nitrogen and oxygen atoms in total. The monoisotopic (exact) mass is 348 g/mol. The van der Waals surface area contributed by atoms with E-state index < -0.39 is 0 Å². The molecule has 0 spiro atoms. The van der Waals surface area contributed by atoms with Gasteiger partial charge in [-0.3, -0.25) is 9.80 Å². The van der Waals surface area contributed by atoms with Crippen LogP contribution in [0.5, 0.6) is 5.75 Å². The highest BCUT2D eigenvalue weighted by atomic mass is 16.5. The Bertz CT molecular complexity index is 546. The average Bonchev–Trinajstić information content (AvgIpc) is 2.64. The molecule has 0 aliphatic carbocycles. The number of hydrogen-bond donors (Lipinski definition) is 1. The Hall–Kier alpha value is -1.14. The lowest BCUT2D eigenvalue weighted by molar-refractivity contribution is -0.0116. The first-order chi connectivity index (χ1) is 12.2. The van der Waals surface area contributed by atoms with Gasteiger partial charge < -0.3 is 14.6 Å². The van der Waals surface area contributed by atoms with Crippen molar-refractivity contribution in [3.63, 3.8) is 0 Å². The highest BCUT2D eigenvalue weighted by Gasteiger charge is 2.31. The maximum Gasteiger partial charge on any atom is 0.121 e. The number of aliphatic hydroxyl groups excluding tert-OH is 1. The molecular formula is C20H32N2O3. The number of hydrogen-bond acceptors (Lipinski definition) is 5. The quantitative estimate of drug-likeness (QED) is 0.852. The predicted octanol–water partition coefficient (Wildman–Crippen LogP) is 2.05. The Morgan fingerprint density at radius 3 is 2.72 bits per heavy atom. The first kappa shape index (κ1) is 18.6. The SMILES string of the molecule is COc1ccc(CN2CCN(C3CCOCC3)CC2CCO)cc1C. The third kappa shape index (κ3) is 4.73. The molecule has 0 bridgehead atoms. The molecule has 1 aromatic carbocycles. The highest BCUT2D eigenvalue weighted by Crippen LogP contribution is 2.24. The smallest absolute Gasteiger partial charge is 0.121 e. The van der Waals surface area contributed by atoms with Gasteiger partial charge in [-0.05, 0) is 43.4 Å². The second-order valence-corrected chi connectivity index (χ2v) is 7.28. The summed E-state index contributed by atoms with van der Waals surface area (Å²) >= 11 is 0. The van der Waals surface area contributed by atoms with Crippen molar-refractivity contribution in [3.8, 4) is 5.75 Å². The Balaban J connectivity index is 1.63. The minimum Gasteiger partial charge on any atom is -0.496 e. The lowest BCUT2D eigenvalue weighted by atomic mass is 10.0. The summed E-state index contributed by atoms with van der Waals surface area (Å²) in [6.45, 7) is 8.30. The van der Waals surface area contributed by atoms with Crippen LogP contribution in [-0.2, 0) is 11.3 Å². The molecule has 2 aliphatic rings. The third-order valence-corrected chi connectivity index (χ3v) is 5.65. The van der Waals surface area contributed by atoms with Crippen LogP contribution in [0.2, 0.25) is 0 Å². The maximum atomic E-state index is 9.53. The fraction of sp³-hybridized carbons (Fsp3) is 0.700. The van der Waals surface area contributed by atoms with Crippen molar-refractivity contribution >= 4 is 0 Å². The van der Waals surface area contributed by atoms with Crippen LogP contribution in [0.15, 0.2) is 18.2 Å². The molecule has 5 heteroatoms. The van der Waals surface area contributed by atoms with E-state index in [1.54, 1.807) is 7.11 Å². The first-order valence-corrected chi connectivity index (χ1v) is 9.51. The van der Waals surface area contributed by atoms with Crippen LogP contribution in [0, 0.1) is 6.92 Å². The summed E-state index contributed by atoms with van der Waals surface area (Å²) in [5.41, 5.74) is 2.50. The second-order valence-electron chi connectivity index (χ2n) is 7.28. The molecular weight excluding hydrogens is 316 g/mol. The number of rotatable bonds is 6. The predicted molar refractivity (Wildman–Crippen MR) is 99.0 cm³/mol. The Kier molecular flexibility index (Phi) is 6.70. The second kappa shape index (κ2) is 8.99. The molecule has 0 amide bonds. The summed E-state index contributed by atoms with van der Waals surface area (Å²) in [6, 6.07) is 7.51. The summed E-state index contributed by atoms with van der Waals surface area (Å²) in [4.78, 5) is 5.16. The van der Waals surface area contributed by atoms with Crippen molar-refractivity contribution in [1.29, 1.82) is 0 Å². The van der Waals surface area contributed by atoms with Gasteiger partial charge in [-0.2, -0.15) is 0 Å². The molecule has 0 saturated carbocycles. The van der Waals surface area contributed by atoms with E-state index in [-0.39, 0.29) is 6.61 Å². The van der Waals surface area contributed by atoms with Gasteiger partial charge in [-0.15, -0.1) is 0 Å². The van der Waals surface area contributed by atoms with E-state index in [0.29, 0.717) is 12.1 Å². The zero-order valence-corrected chi connectivity index (χ0v) is 15.6. The summed E-state index contributed by atoms with van der Waals surface area (Å²) in [5.74, 6) is 0.944. The van der Waals surface area contributed by atoms with E-state index in [0.717, 1.165) is 64.4 Å². The van der Waals surface area contributed by atoms with Crippen LogP contribution in [0.3, 0.4) is 0 Å². The molecule has 140 valence electrons. The molecule has 2 heterocycles. The molecule has 3 rings (SSSR count). The van der Waals surface area contributed by atoms with Crippen molar-refractivity contribution < 1.29 is 14.6 Å². The van der Waals surface area contributed by atoms with E-state index in [1.165, 1.54) is 11.1 Å². The molecule has 1 atom stereocenters. The number of aliphatic hydroxyl groups is 1. The van der Waals surface area contributed by atoms with Crippen LogP contribution in [0.1, 0.15) is 30.4 Å². The number of benzene rings is 1. The average molecular weight is 348 g/mol. The Morgan fingerprint density at radius 2 is 2.04 bits per heavy atom. The van der Waals surface area contributed by atoms with E-state index in [4.69, 9.17) is 9.47 Å². The van der Waals surface area contributed by atoms with Crippen molar-refractivity contribution in [2.45, 2.75) is 44.8 Å². The molecule has 2 saturated heterocycles. The third-order valence-electron chi connectivity index (χ3n) is 5.65. The van der Waals surface area contributed by atoms with Crippen LogP contribution in [0.4, 0.5) is 0 Å². The van der Waals surface area contributed by atoms with Gasteiger partial charge in [0.1, 0.15) is 5.75 Å². The number of ether oxygens (including phenoxy) is 2. The van der Waals surface area contributed by atoms with Crippen molar-refractivity contribution in [3.05, 3.63) is 29.3 Å². The molecule has 1 unspecified atom stereocenters. The van der Waals surface area contributed by atoms with E-state index in [2.05, 4.69) is 34.9 Å². The van der Waals surface area contributed by atoms with Gasteiger partial charge in [0.05, 0.1) is 7.11 Å². The van der Waals surface area contributed by atoms with Crippen LogP contribution in [0.25, 0.3) is 0 Å².